The van der Waals surface area contributed by atoms with Crippen LogP contribution in [0.25, 0.3) is 44.7 Å². The number of aromatic nitrogens is 4. The van der Waals surface area contributed by atoms with Crippen LogP contribution in [0.5, 0.6) is 0 Å². The number of allylic oxidation sites excluding steroid dienone is 5. The molecule has 2 aliphatic carbocycles. The molecule has 9 rings (SSSR count). The molecule has 2 aromatic heterocycles. The van der Waals surface area contributed by atoms with Crippen LogP contribution in [0.1, 0.15) is 24.2 Å². The van der Waals surface area contributed by atoms with E-state index < -0.39 is 0 Å². The molecule has 3 aliphatic rings. The van der Waals surface area contributed by atoms with Gasteiger partial charge in [0.25, 0.3) is 0 Å². The lowest BCUT2D eigenvalue weighted by atomic mass is 9.80. The van der Waals surface area contributed by atoms with E-state index in [0.717, 1.165) is 22.2 Å². The molecule has 0 amide bonds. The van der Waals surface area contributed by atoms with Gasteiger partial charge in [0.15, 0.2) is 11.6 Å². The van der Waals surface area contributed by atoms with Gasteiger partial charge in [-0.1, -0.05) is 97.1 Å². The summed E-state index contributed by atoms with van der Waals surface area (Å²) in [4.78, 5) is 17.7. The zero-order chi connectivity index (χ0) is 29.3. The Morgan fingerprint density at radius 3 is 2.34 bits per heavy atom. The van der Waals surface area contributed by atoms with Crippen molar-refractivity contribution in [2.45, 2.75) is 18.4 Å². The Hall–Kier alpha value is -5.77. The minimum absolute atomic E-state index is 0.119. The third-order valence-electron chi connectivity index (χ3n) is 9.09. The summed E-state index contributed by atoms with van der Waals surface area (Å²) in [5, 5.41) is 2.36. The molecule has 1 aliphatic heterocycles. The predicted molar refractivity (Wildman–Crippen MR) is 178 cm³/mol. The largest absolute Gasteiger partial charge is 0.331 e. The Kier molecular flexibility index (Phi) is 5.28. The number of fused-ring (bicyclic) bond motifs is 7. The van der Waals surface area contributed by atoms with Crippen molar-refractivity contribution >= 4 is 38.8 Å². The van der Waals surface area contributed by atoms with E-state index in [-0.39, 0.29) is 11.5 Å². The molecule has 0 radical (unpaired) electrons. The summed E-state index contributed by atoms with van der Waals surface area (Å²) < 4.78 is 2.26. The number of rotatable bonds is 4. The average molecular weight is 566 g/mol. The minimum atomic E-state index is -0.279. The molecule has 0 bridgehead atoms. The number of hydrogen-bond acceptors (Lipinski definition) is 4. The molecule has 0 saturated carbocycles. The number of anilines is 2. The summed E-state index contributed by atoms with van der Waals surface area (Å²) in [5.74, 6) is 1.99. The highest BCUT2D eigenvalue weighted by molar-refractivity contribution is 6.12. The van der Waals surface area contributed by atoms with E-state index in [1.807, 2.05) is 48.6 Å². The predicted octanol–water partition coefficient (Wildman–Crippen LogP) is 8.86. The van der Waals surface area contributed by atoms with Crippen LogP contribution < -0.4 is 4.90 Å². The third kappa shape index (κ3) is 3.51. The highest BCUT2D eigenvalue weighted by Crippen LogP contribution is 2.56. The molecule has 2 atom stereocenters. The van der Waals surface area contributed by atoms with Crippen molar-refractivity contribution < 1.29 is 0 Å². The van der Waals surface area contributed by atoms with Gasteiger partial charge in [0, 0.05) is 44.8 Å². The summed E-state index contributed by atoms with van der Waals surface area (Å²) in [6.45, 7) is 2.34. The highest BCUT2D eigenvalue weighted by atomic mass is 15.2. The topological polar surface area (TPSA) is 46.8 Å². The SMILES string of the molecule is CC12C=CC=CC1c1c(ccc3c4ccccc4n(-c4nc(C5=CC=C=C5)nc(-c5ccccc5)n4)c13)N2c1ccccc1. The molecule has 0 fully saturated rings. The van der Waals surface area contributed by atoms with Crippen LogP contribution in [-0.4, -0.2) is 25.1 Å². The van der Waals surface area contributed by atoms with Gasteiger partial charge in [-0.3, -0.25) is 4.57 Å². The van der Waals surface area contributed by atoms with Crippen molar-refractivity contribution in [1.82, 2.24) is 19.5 Å². The van der Waals surface area contributed by atoms with E-state index in [4.69, 9.17) is 15.0 Å². The van der Waals surface area contributed by atoms with Crippen LogP contribution in [-0.2, 0) is 0 Å². The molecule has 3 heterocycles. The van der Waals surface area contributed by atoms with E-state index in [0.29, 0.717) is 17.6 Å². The number of benzene rings is 4. The average Bonchev–Trinajstić information content (AvgIpc) is 3.79. The molecule has 2 unspecified atom stereocenters. The monoisotopic (exact) mass is 565 g/mol. The molecule has 0 saturated heterocycles. The number of nitrogens with zero attached hydrogens (tertiary/aromatic N) is 5. The Labute approximate surface area is 255 Å². The minimum Gasteiger partial charge on any atom is -0.331 e. The van der Waals surface area contributed by atoms with E-state index in [9.17, 15) is 0 Å². The maximum absolute atomic E-state index is 5.17. The zero-order valence-electron chi connectivity index (χ0n) is 24.1. The third-order valence-corrected chi connectivity index (χ3v) is 9.09. The highest BCUT2D eigenvalue weighted by Gasteiger charge is 2.48. The maximum atomic E-state index is 5.17. The van der Waals surface area contributed by atoms with Crippen LogP contribution in [0.2, 0.25) is 0 Å². The first-order chi connectivity index (χ1) is 21.7. The van der Waals surface area contributed by atoms with E-state index in [1.54, 1.807) is 0 Å². The second-order valence-corrected chi connectivity index (χ2v) is 11.6. The Morgan fingerprint density at radius 1 is 0.750 bits per heavy atom. The second-order valence-electron chi connectivity index (χ2n) is 11.6. The summed E-state index contributed by atoms with van der Waals surface area (Å²) in [5.41, 5.74) is 10.6. The first kappa shape index (κ1) is 24.8. The normalized spacial score (nSPS) is 19.6. The summed E-state index contributed by atoms with van der Waals surface area (Å²) >= 11 is 0. The molecule has 5 heteroatoms. The number of hydrogen-bond donors (Lipinski definition) is 0. The summed E-state index contributed by atoms with van der Waals surface area (Å²) in [6.07, 6.45) is 14.9. The Bertz CT molecular complexity index is 2280. The van der Waals surface area contributed by atoms with Crippen LogP contribution in [0.15, 0.2) is 145 Å². The first-order valence-corrected chi connectivity index (χ1v) is 14.9. The second kappa shape index (κ2) is 9.37. The molecular weight excluding hydrogens is 538 g/mol. The number of para-hydroxylation sites is 2. The van der Waals surface area contributed by atoms with Gasteiger partial charge in [0.1, 0.15) is 0 Å². The van der Waals surface area contributed by atoms with Gasteiger partial charge in [0.2, 0.25) is 5.95 Å². The van der Waals surface area contributed by atoms with Crippen LogP contribution >= 0.6 is 0 Å². The molecule has 5 nitrogen and oxygen atoms in total. The summed E-state index contributed by atoms with van der Waals surface area (Å²) in [7, 11) is 0. The first-order valence-electron chi connectivity index (χ1n) is 14.9. The standard InChI is InChI=1S/C39H27N5/c1-39-25-13-12-21-31(39)34-33(44(39)28-18-6-3-7-19-28)24-23-30-29-20-10-11-22-32(29)43(35(30)34)38-41-36(26-14-4-2-5-15-26)40-37(42-38)27-16-8-9-17-27/h2-8,10-25,31H,1H3. The molecule has 4 aromatic carbocycles. The summed E-state index contributed by atoms with van der Waals surface area (Å²) in [6, 6.07) is 34.0. The van der Waals surface area contributed by atoms with E-state index in [1.165, 1.54) is 27.7 Å². The lowest BCUT2D eigenvalue weighted by Crippen LogP contribution is -2.41. The quantitative estimate of drug-likeness (QED) is 0.200. The molecule has 208 valence electrons. The maximum Gasteiger partial charge on any atom is 0.238 e. The van der Waals surface area contributed by atoms with Gasteiger partial charge in [-0.2, -0.15) is 9.97 Å². The Balaban J connectivity index is 1.39. The fourth-order valence-electron chi connectivity index (χ4n) is 7.13. The van der Waals surface area contributed by atoms with Crippen molar-refractivity contribution in [1.29, 1.82) is 0 Å². The fourth-order valence-corrected chi connectivity index (χ4v) is 7.13. The Morgan fingerprint density at radius 2 is 1.52 bits per heavy atom. The van der Waals surface area contributed by atoms with Gasteiger partial charge in [-0.25, -0.2) is 4.98 Å². The van der Waals surface area contributed by atoms with Crippen molar-refractivity contribution in [2.24, 2.45) is 0 Å². The smallest absolute Gasteiger partial charge is 0.238 e. The molecule has 6 aromatic rings. The molecule has 0 N–H and O–H groups in total. The van der Waals surface area contributed by atoms with Crippen molar-refractivity contribution in [3.05, 3.63) is 157 Å². The van der Waals surface area contributed by atoms with Gasteiger partial charge in [-0.15, -0.1) is 5.73 Å². The van der Waals surface area contributed by atoms with Gasteiger partial charge in [0.05, 0.1) is 16.6 Å². The van der Waals surface area contributed by atoms with Gasteiger partial charge in [-0.05, 0) is 49.4 Å². The lowest BCUT2D eigenvalue weighted by molar-refractivity contribution is 0.543. The van der Waals surface area contributed by atoms with Gasteiger partial charge < -0.3 is 4.90 Å². The lowest BCUT2D eigenvalue weighted by Gasteiger charge is -2.39. The zero-order valence-corrected chi connectivity index (χ0v) is 24.1. The van der Waals surface area contributed by atoms with Crippen molar-refractivity contribution in [3.63, 3.8) is 0 Å². The molecule has 44 heavy (non-hydrogen) atoms. The molecule has 0 spiro atoms. The fraction of sp³-hybridized carbons (Fsp3) is 0.0769. The van der Waals surface area contributed by atoms with Crippen LogP contribution in [0.4, 0.5) is 11.4 Å². The van der Waals surface area contributed by atoms with Gasteiger partial charge >= 0.3 is 0 Å². The van der Waals surface area contributed by atoms with Crippen molar-refractivity contribution in [2.75, 3.05) is 4.90 Å². The van der Waals surface area contributed by atoms with Crippen molar-refractivity contribution in [3.8, 4) is 17.3 Å². The van der Waals surface area contributed by atoms with Crippen LogP contribution in [0, 0.1) is 0 Å². The van der Waals surface area contributed by atoms with E-state index in [2.05, 4.69) is 113 Å². The van der Waals surface area contributed by atoms with Crippen LogP contribution in [0.3, 0.4) is 0 Å². The van der Waals surface area contributed by atoms with E-state index >= 15 is 0 Å². The molecular formula is C39H27N5.